The summed E-state index contributed by atoms with van der Waals surface area (Å²) in [4.78, 5) is 0. The van der Waals surface area contributed by atoms with Gasteiger partial charge in [-0.15, -0.1) is 0 Å². The molecule has 0 saturated carbocycles. The first-order valence-corrected chi connectivity index (χ1v) is 5.90. The summed E-state index contributed by atoms with van der Waals surface area (Å²) >= 11 is 18.4. The van der Waals surface area contributed by atoms with Gasteiger partial charge >= 0.3 is 0 Å². The Morgan fingerprint density at radius 2 is 1.71 bits per heavy atom. The molecule has 0 N–H and O–H groups in total. The largest absolute Gasteiger partial charge is 0.0840 e. The van der Waals surface area contributed by atoms with Crippen molar-refractivity contribution >= 4 is 34.8 Å². The molecule has 0 heterocycles. The van der Waals surface area contributed by atoms with E-state index in [9.17, 15) is 0 Å². The first-order chi connectivity index (χ1) is 6.61. The first-order valence-electron chi connectivity index (χ1n) is 4.77. The number of rotatable bonds is 3. The van der Waals surface area contributed by atoms with Gasteiger partial charge in [-0.3, -0.25) is 0 Å². The monoisotopic (exact) mass is 250 g/mol. The zero-order chi connectivity index (χ0) is 10.7. The Morgan fingerprint density at radius 1 is 1.07 bits per heavy atom. The van der Waals surface area contributed by atoms with E-state index in [-0.39, 0.29) is 0 Å². The third kappa shape index (κ3) is 2.36. The number of aryl methyl sites for hydroxylation is 1. The average molecular weight is 252 g/mol. The maximum atomic E-state index is 6.14. The lowest BCUT2D eigenvalue weighted by Gasteiger charge is -2.10. The lowest BCUT2D eigenvalue weighted by atomic mass is 10.1. The minimum absolute atomic E-state index is 0.616. The standard InChI is InChI=1S/C11H13Cl3/c1-3-5-7-6-9(12)8(4-2)11(14)10(7)13/h6H,3-5H2,1-2H3. The Balaban J connectivity index is 3.25. The highest BCUT2D eigenvalue weighted by Crippen LogP contribution is 2.35. The van der Waals surface area contributed by atoms with Gasteiger partial charge in [-0.25, -0.2) is 0 Å². The van der Waals surface area contributed by atoms with Crippen molar-refractivity contribution in [2.45, 2.75) is 33.1 Å². The van der Waals surface area contributed by atoms with Crippen LogP contribution in [0.3, 0.4) is 0 Å². The van der Waals surface area contributed by atoms with Crippen molar-refractivity contribution < 1.29 is 0 Å². The fourth-order valence-electron chi connectivity index (χ4n) is 1.46. The molecule has 0 aliphatic rings. The van der Waals surface area contributed by atoms with Crippen LogP contribution in [0, 0.1) is 0 Å². The fourth-order valence-corrected chi connectivity index (χ4v) is 2.49. The highest BCUT2D eigenvalue weighted by atomic mass is 35.5. The van der Waals surface area contributed by atoms with Crippen molar-refractivity contribution in [2.75, 3.05) is 0 Å². The van der Waals surface area contributed by atoms with Crippen molar-refractivity contribution in [1.82, 2.24) is 0 Å². The normalized spacial score (nSPS) is 10.6. The summed E-state index contributed by atoms with van der Waals surface area (Å²) in [5.41, 5.74) is 1.99. The van der Waals surface area contributed by atoms with Gasteiger partial charge in [0.1, 0.15) is 0 Å². The van der Waals surface area contributed by atoms with Gasteiger partial charge in [-0.05, 0) is 30.0 Å². The molecule has 0 bridgehead atoms. The lowest BCUT2D eigenvalue weighted by molar-refractivity contribution is 0.920. The number of benzene rings is 1. The summed E-state index contributed by atoms with van der Waals surface area (Å²) < 4.78 is 0. The molecule has 14 heavy (non-hydrogen) atoms. The Labute approximate surface area is 100 Å². The first kappa shape index (κ1) is 12.2. The van der Waals surface area contributed by atoms with E-state index >= 15 is 0 Å². The SMILES string of the molecule is CCCc1cc(Cl)c(CC)c(Cl)c1Cl. The molecule has 0 radical (unpaired) electrons. The van der Waals surface area contributed by atoms with E-state index in [1.54, 1.807) is 0 Å². The van der Waals surface area contributed by atoms with Crippen LogP contribution in [0.25, 0.3) is 0 Å². The van der Waals surface area contributed by atoms with E-state index < -0.39 is 0 Å². The molecular formula is C11H13Cl3. The van der Waals surface area contributed by atoms with Crippen molar-refractivity contribution in [3.05, 3.63) is 32.3 Å². The Hall–Kier alpha value is 0.0900. The molecule has 3 heteroatoms. The van der Waals surface area contributed by atoms with E-state index in [0.717, 1.165) is 35.4 Å². The van der Waals surface area contributed by atoms with Crippen LogP contribution in [-0.4, -0.2) is 0 Å². The van der Waals surface area contributed by atoms with E-state index in [1.807, 2.05) is 13.0 Å². The van der Waals surface area contributed by atoms with Gasteiger partial charge in [0.05, 0.1) is 10.0 Å². The topological polar surface area (TPSA) is 0 Å². The summed E-state index contributed by atoms with van der Waals surface area (Å²) in [6.45, 7) is 4.12. The predicted molar refractivity (Wildman–Crippen MR) is 64.8 cm³/mol. The molecule has 0 aromatic heterocycles. The van der Waals surface area contributed by atoms with E-state index in [0.29, 0.717) is 10.0 Å². The molecule has 0 unspecified atom stereocenters. The van der Waals surface area contributed by atoms with Gasteiger partial charge in [-0.1, -0.05) is 55.1 Å². The zero-order valence-corrected chi connectivity index (χ0v) is 10.6. The Morgan fingerprint density at radius 3 is 2.21 bits per heavy atom. The number of hydrogen-bond donors (Lipinski definition) is 0. The minimum atomic E-state index is 0.616. The van der Waals surface area contributed by atoms with Crippen LogP contribution in [0.5, 0.6) is 0 Å². The quantitative estimate of drug-likeness (QED) is 0.651. The summed E-state index contributed by atoms with van der Waals surface area (Å²) in [5, 5.41) is 2.00. The minimum Gasteiger partial charge on any atom is -0.0840 e. The molecule has 0 atom stereocenters. The lowest BCUT2D eigenvalue weighted by Crippen LogP contribution is -1.92. The van der Waals surface area contributed by atoms with Crippen molar-refractivity contribution in [2.24, 2.45) is 0 Å². The molecule has 0 aliphatic carbocycles. The number of hydrogen-bond acceptors (Lipinski definition) is 0. The van der Waals surface area contributed by atoms with E-state index in [4.69, 9.17) is 34.8 Å². The Kier molecular flexibility index (Phi) is 4.56. The number of halogens is 3. The van der Waals surface area contributed by atoms with Crippen molar-refractivity contribution in [3.63, 3.8) is 0 Å². The maximum absolute atomic E-state index is 6.14. The third-order valence-electron chi connectivity index (χ3n) is 2.20. The molecule has 0 nitrogen and oxygen atoms in total. The maximum Gasteiger partial charge on any atom is 0.0641 e. The van der Waals surface area contributed by atoms with Crippen LogP contribution in [0.1, 0.15) is 31.4 Å². The van der Waals surface area contributed by atoms with Crippen LogP contribution in [0.15, 0.2) is 6.07 Å². The van der Waals surface area contributed by atoms with E-state index in [2.05, 4.69) is 6.92 Å². The molecule has 0 spiro atoms. The molecule has 1 aromatic rings. The van der Waals surface area contributed by atoms with Crippen molar-refractivity contribution in [3.8, 4) is 0 Å². The molecule has 0 fully saturated rings. The molecule has 78 valence electrons. The van der Waals surface area contributed by atoms with Gasteiger partial charge in [-0.2, -0.15) is 0 Å². The highest BCUT2D eigenvalue weighted by Gasteiger charge is 2.12. The molecule has 0 aliphatic heterocycles. The van der Waals surface area contributed by atoms with Gasteiger partial charge in [0.25, 0.3) is 0 Å². The smallest absolute Gasteiger partial charge is 0.0641 e. The van der Waals surface area contributed by atoms with Crippen LogP contribution >= 0.6 is 34.8 Å². The Bertz CT molecular complexity index is 332. The van der Waals surface area contributed by atoms with Gasteiger partial charge in [0.15, 0.2) is 0 Å². The molecule has 0 amide bonds. The summed E-state index contributed by atoms with van der Waals surface area (Å²) in [6.07, 6.45) is 2.77. The van der Waals surface area contributed by atoms with Crippen LogP contribution in [-0.2, 0) is 12.8 Å². The second-order valence-corrected chi connectivity index (χ2v) is 4.39. The second kappa shape index (κ2) is 5.25. The zero-order valence-electron chi connectivity index (χ0n) is 8.33. The molecule has 0 saturated heterocycles. The molecule has 1 rings (SSSR count). The third-order valence-corrected chi connectivity index (χ3v) is 3.48. The molecule has 1 aromatic carbocycles. The summed E-state index contributed by atoms with van der Waals surface area (Å²) in [7, 11) is 0. The highest BCUT2D eigenvalue weighted by molar-refractivity contribution is 6.44. The van der Waals surface area contributed by atoms with Crippen LogP contribution in [0.4, 0.5) is 0 Å². The van der Waals surface area contributed by atoms with Crippen molar-refractivity contribution in [1.29, 1.82) is 0 Å². The van der Waals surface area contributed by atoms with Crippen LogP contribution in [0.2, 0.25) is 15.1 Å². The van der Waals surface area contributed by atoms with Gasteiger partial charge in [0.2, 0.25) is 0 Å². The predicted octanol–water partition coefficient (Wildman–Crippen LogP) is 5.16. The van der Waals surface area contributed by atoms with Crippen LogP contribution < -0.4 is 0 Å². The summed E-state index contributed by atoms with van der Waals surface area (Å²) in [5.74, 6) is 0. The van der Waals surface area contributed by atoms with Gasteiger partial charge < -0.3 is 0 Å². The summed E-state index contributed by atoms with van der Waals surface area (Å²) in [6, 6.07) is 1.93. The van der Waals surface area contributed by atoms with E-state index in [1.165, 1.54) is 0 Å². The van der Waals surface area contributed by atoms with Gasteiger partial charge in [0, 0.05) is 5.02 Å². The average Bonchev–Trinajstić information content (AvgIpc) is 2.15. The molecular weight excluding hydrogens is 238 g/mol. The second-order valence-electron chi connectivity index (χ2n) is 3.23. The fraction of sp³-hybridized carbons (Fsp3) is 0.455.